The summed E-state index contributed by atoms with van der Waals surface area (Å²) in [5.74, 6) is 1.08. The zero-order valence-electron chi connectivity index (χ0n) is 17.4. The zero-order valence-corrected chi connectivity index (χ0v) is 17.4. The molecule has 6 rings (SSSR count). The Hall–Kier alpha value is -3.22. The topological polar surface area (TPSA) is 71.3 Å². The van der Waals surface area contributed by atoms with Gasteiger partial charge in [0.15, 0.2) is 5.65 Å². The van der Waals surface area contributed by atoms with E-state index in [0.717, 1.165) is 49.2 Å². The van der Waals surface area contributed by atoms with Crippen LogP contribution in [0.25, 0.3) is 16.9 Å². The SMILES string of the molecule is O=C(c1cnc2c(c1)ncn2-c1ccccc1)N1C[C@@H]2C[C@H](C1)[C@@H]1CCCC(=O)N1C2. The number of likely N-dealkylation sites (tertiary alicyclic amines) is 1. The number of benzene rings is 1. The number of carbonyl (C=O) groups excluding carboxylic acids is 2. The van der Waals surface area contributed by atoms with Gasteiger partial charge >= 0.3 is 0 Å². The quantitative estimate of drug-likeness (QED) is 0.645. The van der Waals surface area contributed by atoms with Crippen LogP contribution in [-0.2, 0) is 4.79 Å². The van der Waals surface area contributed by atoms with Gasteiger partial charge in [-0.25, -0.2) is 9.97 Å². The van der Waals surface area contributed by atoms with Gasteiger partial charge < -0.3 is 9.80 Å². The molecule has 3 atom stereocenters. The average Bonchev–Trinajstić information content (AvgIpc) is 3.23. The van der Waals surface area contributed by atoms with Crippen LogP contribution in [0.5, 0.6) is 0 Å². The zero-order chi connectivity index (χ0) is 20.9. The fourth-order valence-corrected chi connectivity index (χ4v) is 5.75. The maximum atomic E-state index is 13.3. The summed E-state index contributed by atoms with van der Waals surface area (Å²) in [7, 11) is 0. The van der Waals surface area contributed by atoms with E-state index < -0.39 is 0 Å². The van der Waals surface area contributed by atoms with E-state index in [4.69, 9.17) is 0 Å². The van der Waals surface area contributed by atoms with Gasteiger partial charge in [0, 0.05) is 44.0 Å². The fraction of sp³-hybridized carbons (Fsp3) is 0.417. The van der Waals surface area contributed by atoms with Crippen LogP contribution >= 0.6 is 0 Å². The van der Waals surface area contributed by atoms with Crippen molar-refractivity contribution in [2.24, 2.45) is 11.8 Å². The van der Waals surface area contributed by atoms with Gasteiger partial charge in [0.2, 0.25) is 5.91 Å². The van der Waals surface area contributed by atoms with Crippen molar-refractivity contribution in [3.05, 3.63) is 54.5 Å². The Balaban J connectivity index is 1.25. The first-order chi connectivity index (χ1) is 15.2. The van der Waals surface area contributed by atoms with Crippen molar-refractivity contribution >= 4 is 23.0 Å². The number of pyridine rings is 1. The number of fused-ring (bicyclic) bond motifs is 5. The van der Waals surface area contributed by atoms with Crippen molar-refractivity contribution in [3.63, 3.8) is 0 Å². The van der Waals surface area contributed by atoms with Gasteiger partial charge in [-0.1, -0.05) is 18.2 Å². The highest BCUT2D eigenvalue weighted by molar-refractivity contribution is 5.96. The number of hydrogen-bond acceptors (Lipinski definition) is 4. The Kier molecular flexibility index (Phi) is 4.30. The number of para-hydroxylation sites is 1. The largest absolute Gasteiger partial charge is 0.339 e. The molecule has 2 bridgehead atoms. The molecule has 3 fully saturated rings. The molecule has 2 aromatic heterocycles. The summed E-state index contributed by atoms with van der Waals surface area (Å²) in [6.45, 7) is 2.23. The second-order valence-electron chi connectivity index (χ2n) is 9.09. The molecule has 3 aliphatic rings. The summed E-state index contributed by atoms with van der Waals surface area (Å²) in [6.07, 6.45) is 7.26. The number of piperidine rings is 3. The molecule has 0 aliphatic carbocycles. The minimum atomic E-state index is 0.0222. The summed E-state index contributed by atoms with van der Waals surface area (Å²) in [4.78, 5) is 38.9. The van der Waals surface area contributed by atoms with Gasteiger partial charge in [-0.15, -0.1) is 0 Å². The van der Waals surface area contributed by atoms with Crippen LogP contribution in [0.15, 0.2) is 48.9 Å². The molecule has 0 radical (unpaired) electrons. The van der Waals surface area contributed by atoms with E-state index in [1.807, 2.05) is 45.9 Å². The van der Waals surface area contributed by atoms with E-state index in [1.54, 1.807) is 12.5 Å². The lowest BCUT2D eigenvalue weighted by Gasteiger charge is -2.52. The summed E-state index contributed by atoms with van der Waals surface area (Å²) in [5.41, 5.74) is 3.04. The Bertz CT molecular complexity index is 1160. The van der Waals surface area contributed by atoms with Crippen LogP contribution in [0.3, 0.4) is 0 Å². The Morgan fingerprint density at radius 2 is 1.94 bits per heavy atom. The molecular weight excluding hydrogens is 390 g/mol. The number of amides is 2. The third-order valence-electron chi connectivity index (χ3n) is 7.14. The van der Waals surface area contributed by atoms with Crippen LogP contribution in [0, 0.1) is 11.8 Å². The summed E-state index contributed by atoms with van der Waals surface area (Å²) >= 11 is 0. The van der Waals surface area contributed by atoms with E-state index in [0.29, 0.717) is 42.3 Å². The van der Waals surface area contributed by atoms with Gasteiger partial charge in [0.1, 0.15) is 11.8 Å². The first-order valence-corrected chi connectivity index (χ1v) is 11.1. The van der Waals surface area contributed by atoms with E-state index >= 15 is 0 Å². The van der Waals surface area contributed by atoms with Crippen LogP contribution < -0.4 is 0 Å². The van der Waals surface area contributed by atoms with Crippen LogP contribution in [0.2, 0.25) is 0 Å². The maximum Gasteiger partial charge on any atom is 0.255 e. The van der Waals surface area contributed by atoms with Gasteiger partial charge in [-0.05, 0) is 49.3 Å². The van der Waals surface area contributed by atoms with Crippen LogP contribution in [0.4, 0.5) is 0 Å². The van der Waals surface area contributed by atoms with Gasteiger partial charge in [0.25, 0.3) is 5.91 Å². The minimum absolute atomic E-state index is 0.0222. The molecule has 31 heavy (non-hydrogen) atoms. The third-order valence-corrected chi connectivity index (χ3v) is 7.14. The molecule has 0 spiro atoms. The molecular formula is C24H25N5O2. The fourth-order valence-electron chi connectivity index (χ4n) is 5.75. The maximum absolute atomic E-state index is 13.3. The van der Waals surface area contributed by atoms with Gasteiger partial charge in [-0.2, -0.15) is 0 Å². The molecule has 158 valence electrons. The van der Waals surface area contributed by atoms with Crippen molar-refractivity contribution in [1.82, 2.24) is 24.3 Å². The summed E-state index contributed by atoms with van der Waals surface area (Å²) < 4.78 is 1.93. The smallest absolute Gasteiger partial charge is 0.255 e. The van der Waals surface area contributed by atoms with Crippen molar-refractivity contribution in [1.29, 1.82) is 0 Å². The second-order valence-corrected chi connectivity index (χ2v) is 9.09. The lowest BCUT2D eigenvalue weighted by molar-refractivity contribution is -0.144. The van der Waals surface area contributed by atoms with E-state index in [1.165, 1.54) is 0 Å². The Labute approximate surface area is 180 Å². The van der Waals surface area contributed by atoms with Gasteiger partial charge in [0.05, 0.1) is 5.56 Å². The first-order valence-electron chi connectivity index (χ1n) is 11.1. The van der Waals surface area contributed by atoms with Crippen molar-refractivity contribution < 1.29 is 9.59 Å². The monoisotopic (exact) mass is 415 g/mol. The molecule has 3 aliphatic heterocycles. The van der Waals surface area contributed by atoms with Crippen LogP contribution in [0.1, 0.15) is 36.0 Å². The molecule has 3 aromatic rings. The lowest BCUT2D eigenvalue weighted by atomic mass is 9.76. The van der Waals surface area contributed by atoms with Crippen molar-refractivity contribution in [3.8, 4) is 5.69 Å². The molecule has 0 N–H and O–H groups in total. The number of aromatic nitrogens is 3. The summed E-state index contributed by atoms with van der Waals surface area (Å²) in [5, 5.41) is 0. The molecule has 0 unspecified atom stereocenters. The standard InChI is InChI=1S/C24H25N5O2/c30-22-8-4-7-21-18-9-16(13-28(21)22)12-27(14-18)24(31)17-10-20-23(25-11-17)29(15-26-20)19-5-2-1-3-6-19/h1-3,5-6,10-11,15-16,18,21H,4,7-9,12-14H2/t16-,18+,21-/m0/s1. The average molecular weight is 415 g/mol. The number of rotatable bonds is 2. The predicted molar refractivity (Wildman–Crippen MR) is 116 cm³/mol. The normalized spacial score (nSPS) is 25.5. The molecule has 7 nitrogen and oxygen atoms in total. The Morgan fingerprint density at radius 1 is 1.06 bits per heavy atom. The van der Waals surface area contributed by atoms with E-state index in [-0.39, 0.29) is 5.91 Å². The first kappa shape index (κ1) is 18.5. The highest BCUT2D eigenvalue weighted by atomic mass is 16.2. The van der Waals surface area contributed by atoms with Crippen molar-refractivity contribution in [2.45, 2.75) is 31.7 Å². The molecule has 1 aromatic carbocycles. The van der Waals surface area contributed by atoms with E-state index in [2.05, 4.69) is 14.9 Å². The third kappa shape index (κ3) is 3.10. The van der Waals surface area contributed by atoms with Crippen LogP contribution in [-0.4, -0.2) is 61.8 Å². The molecule has 2 amide bonds. The lowest BCUT2D eigenvalue weighted by Crippen LogP contribution is -2.61. The van der Waals surface area contributed by atoms with Crippen molar-refractivity contribution in [2.75, 3.05) is 19.6 Å². The summed E-state index contributed by atoms with van der Waals surface area (Å²) in [6, 6.07) is 12.1. The number of carbonyl (C=O) groups is 2. The number of hydrogen-bond donors (Lipinski definition) is 0. The minimum Gasteiger partial charge on any atom is -0.339 e. The highest BCUT2D eigenvalue weighted by Gasteiger charge is 2.44. The number of nitrogens with zero attached hydrogens (tertiary/aromatic N) is 5. The van der Waals surface area contributed by atoms with E-state index in [9.17, 15) is 9.59 Å². The number of imidazole rings is 1. The molecule has 5 heterocycles. The Morgan fingerprint density at radius 3 is 2.81 bits per heavy atom. The predicted octanol–water partition coefficient (Wildman–Crippen LogP) is 2.89. The highest BCUT2D eigenvalue weighted by Crippen LogP contribution is 2.38. The molecule has 0 saturated carbocycles. The molecule has 3 saturated heterocycles. The second kappa shape index (κ2) is 7.18. The molecule has 7 heteroatoms. The van der Waals surface area contributed by atoms with Gasteiger partial charge in [-0.3, -0.25) is 14.2 Å².